The lowest BCUT2D eigenvalue weighted by molar-refractivity contribution is 0.0996. The Bertz CT molecular complexity index is 359. The molecule has 13 heavy (non-hydrogen) atoms. The third-order valence-corrected chi connectivity index (χ3v) is 2.05. The molecule has 0 aliphatic heterocycles. The highest BCUT2D eigenvalue weighted by molar-refractivity contribution is 5.94. The van der Waals surface area contributed by atoms with Crippen molar-refractivity contribution in [2.75, 3.05) is 5.73 Å². The fourth-order valence-electron chi connectivity index (χ4n) is 1.17. The van der Waals surface area contributed by atoms with Gasteiger partial charge in [0.05, 0.1) is 11.9 Å². The number of aromatic nitrogens is 2. The van der Waals surface area contributed by atoms with Crippen LogP contribution >= 0.6 is 0 Å². The van der Waals surface area contributed by atoms with Gasteiger partial charge in [0.2, 0.25) is 0 Å². The molecule has 1 aliphatic rings. The summed E-state index contributed by atoms with van der Waals surface area (Å²) in [7, 11) is 0. The first-order chi connectivity index (χ1) is 6.18. The summed E-state index contributed by atoms with van der Waals surface area (Å²) in [6.07, 6.45) is 3.83. The second-order valence-electron chi connectivity index (χ2n) is 3.17. The van der Waals surface area contributed by atoms with Crippen LogP contribution in [0.1, 0.15) is 34.9 Å². The Kier molecular flexibility index (Phi) is 1.65. The van der Waals surface area contributed by atoms with Crippen LogP contribution in [-0.2, 0) is 0 Å². The van der Waals surface area contributed by atoms with Gasteiger partial charge in [0.15, 0.2) is 11.5 Å². The predicted octanol–water partition coefficient (Wildman–Crippen LogP) is 0.0351. The zero-order valence-corrected chi connectivity index (χ0v) is 7.03. The maximum absolute atomic E-state index is 10.9. The molecule has 1 aliphatic carbocycles. The lowest BCUT2D eigenvalue weighted by Gasteiger charge is -2.01. The highest BCUT2D eigenvalue weighted by atomic mass is 16.1. The summed E-state index contributed by atoms with van der Waals surface area (Å²) < 4.78 is 0. The Labute approximate surface area is 75.2 Å². The van der Waals surface area contributed by atoms with Crippen LogP contribution in [0.2, 0.25) is 0 Å². The molecule has 0 bridgehead atoms. The highest BCUT2D eigenvalue weighted by Crippen LogP contribution is 2.38. The van der Waals surface area contributed by atoms with Crippen molar-refractivity contribution in [1.82, 2.24) is 9.97 Å². The van der Waals surface area contributed by atoms with Crippen molar-refractivity contribution in [2.24, 2.45) is 5.73 Å². The molecule has 2 rings (SSSR count). The summed E-state index contributed by atoms with van der Waals surface area (Å²) >= 11 is 0. The Balaban J connectivity index is 2.41. The van der Waals surface area contributed by atoms with E-state index in [0.717, 1.165) is 18.5 Å². The van der Waals surface area contributed by atoms with Crippen molar-refractivity contribution in [2.45, 2.75) is 18.8 Å². The zero-order chi connectivity index (χ0) is 9.42. The Morgan fingerprint density at radius 3 is 2.77 bits per heavy atom. The van der Waals surface area contributed by atoms with Crippen molar-refractivity contribution in [3.8, 4) is 0 Å². The summed E-state index contributed by atoms with van der Waals surface area (Å²) in [6.45, 7) is 0. The van der Waals surface area contributed by atoms with Crippen LogP contribution in [0.3, 0.4) is 0 Å². The number of hydrogen-bond donors (Lipinski definition) is 2. The zero-order valence-electron chi connectivity index (χ0n) is 7.03. The van der Waals surface area contributed by atoms with Crippen LogP contribution in [-0.4, -0.2) is 15.9 Å². The van der Waals surface area contributed by atoms with Gasteiger partial charge in [-0.25, -0.2) is 9.97 Å². The van der Waals surface area contributed by atoms with Crippen LogP contribution in [0.5, 0.6) is 0 Å². The molecule has 5 nitrogen and oxygen atoms in total. The number of nitrogens with zero attached hydrogens (tertiary/aromatic N) is 2. The number of rotatable bonds is 2. The van der Waals surface area contributed by atoms with E-state index in [1.165, 1.54) is 0 Å². The molecular weight excluding hydrogens is 168 g/mol. The summed E-state index contributed by atoms with van der Waals surface area (Å²) in [5.41, 5.74) is 11.4. The molecule has 1 saturated carbocycles. The van der Waals surface area contributed by atoms with Crippen molar-refractivity contribution in [3.05, 3.63) is 17.6 Å². The van der Waals surface area contributed by atoms with Crippen molar-refractivity contribution < 1.29 is 4.79 Å². The van der Waals surface area contributed by atoms with Gasteiger partial charge >= 0.3 is 0 Å². The lowest BCUT2D eigenvalue weighted by atomic mass is 10.3. The Hall–Kier alpha value is -1.65. The van der Waals surface area contributed by atoms with Gasteiger partial charge in [0.1, 0.15) is 0 Å². The molecule has 68 valence electrons. The number of nitrogen functional groups attached to an aromatic ring is 1. The molecule has 1 heterocycles. The van der Waals surface area contributed by atoms with E-state index in [0.29, 0.717) is 5.92 Å². The molecule has 0 atom stereocenters. The molecule has 1 amide bonds. The van der Waals surface area contributed by atoms with E-state index in [2.05, 4.69) is 9.97 Å². The Morgan fingerprint density at radius 1 is 1.54 bits per heavy atom. The summed E-state index contributed by atoms with van der Waals surface area (Å²) in [5, 5.41) is 0. The number of carbonyl (C=O) groups is 1. The maximum atomic E-state index is 10.9. The summed E-state index contributed by atoms with van der Waals surface area (Å²) in [5.74, 6) is -0.0596. The molecule has 0 radical (unpaired) electrons. The topological polar surface area (TPSA) is 94.9 Å². The summed E-state index contributed by atoms with van der Waals surface area (Å²) in [6, 6.07) is 0. The standard InChI is InChI=1S/C8H10N4O/c9-7-6(8(10)13)12-5(3-11-7)4-1-2-4/h3-4H,1-2H2,(H2,9,11)(H2,10,13). The van der Waals surface area contributed by atoms with E-state index in [1.54, 1.807) is 6.20 Å². The SMILES string of the molecule is NC(=O)c1nc(C2CC2)cnc1N. The van der Waals surface area contributed by atoms with Gasteiger partial charge in [-0.05, 0) is 12.8 Å². The molecule has 5 heteroatoms. The van der Waals surface area contributed by atoms with E-state index < -0.39 is 5.91 Å². The van der Waals surface area contributed by atoms with E-state index >= 15 is 0 Å². The van der Waals surface area contributed by atoms with E-state index in [9.17, 15) is 4.79 Å². The maximum Gasteiger partial charge on any atom is 0.271 e. The first-order valence-electron chi connectivity index (χ1n) is 4.10. The minimum Gasteiger partial charge on any atom is -0.382 e. The normalized spacial score (nSPS) is 15.7. The van der Waals surface area contributed by atoms with E-state index in [-0.39, 0.29) is 11.5 Å². The smallest absolute Gasteiger partial charge is 0.271 e. The second-order valence-corrected chi connectivity index (χ2v) is 3.17. The van der Waals surface area contributed by atoms with Crippen LogP contribution in [0.4, 0.5) is 5.82 Å². The third kappa shape index (κ3) is 1.44. The molecule has 0 spiro atoms. The monoisotopic (exact) mass is 178 g/mol. The van der Waals surface area contributed by atoms with E-state index in [4.69, 9.17) is 11.5 Å². The lowest BCUT2D eigenvalue weighted by Crippen LogP contribution is -2.17. The minimum atomic E-state index is -0.618. The Morgan fingerprint density at radius 2 is 2.23 bits per heavy atom. The number of hydrogen-bond acceptors (Lipinski definition) is 4. The number of amides is 1. The van der Waals surface area contributed by atoms with Gasteiger partial charge in [-0.1, -0.05) is 0 Å². The van der Waals surface area contributed by atoms with Crippen LogP contribution in [0, 0.1) is 0 Å². The van der Waals surface area contributed by atoms with Gasteiger partial charge in [-0.15, -0.1) is 0 Å². The third-order valence-electron chi connectivity index (χ3n) is 2.05. The fraction of sp³-hybridized carbons (Fsp3) is 0.375. The van der Waals surface area contributed by atoms with Gasteiger partial charge in [-0.3, -0.25) is 4.79 Å². The summed E-state index contributed by atoms with van der Waals surface area (Å²) in [4.78, 5) is 18.8. The van der Waals surface area contributed by atoms with Gasteiger partial charge in [-0.2, -0.15) is 0 Å². The molecule has 1 aromatic heterocycles. The van der Waals surface area contributed by atoms with Gasteiger partial charge in [0, 0.05) is 5.92 Å². The number of primary amides is 1. The van der Waals surface area contributed by atoms with Crippen LogP contribution in [0.25, 0.3) is 0 Å². The first-order valence-corrected chi connectivity index (χ1v) is 4.10. The molecule has 0 saturated heterocycles. The van der Waals surface area contributed by atoms with Crippen LogP contribution in [0.15, 0.2) is 6.20 Å². The quantitative estimate of drug-likeness (QED) is 0.668. The minimum absolute atomic E-state index is 0.0874. The van der Waals surface area contributed by atoms with Gasteiger partial charge in [0.25, 0.3) is 5.91 Å². The number of carbonyl (C=O) groups excluding carboxylic acids is 1. The molecular formula is C8H10N4O. The molecule has 4 N–H and O–H groups in total. The molecule has 0 unspecified atom stereocenters. The first kappa shape index (κ1) is 7.97. The number of nitrogens with two attached hydrogens (primary N) is 2. The second kappa shape index (κ2) is 2.69. The van der Waals surface area contributed by atoms with Gasteiger partial charge < -0.3 is 11.5 Å². The highest BCUT2D eigenvalue weighted by Gasteiger charge is 2.26. The average molecular weight is 178 g/mol. The molecule has 1 aromatic rings. The fourth-order valence-corrected chi connectivity index (χ4v) is 1.17. The van der Waals surface area contributed by atoms with Crippen LogP contribution < -0.4 is 11.5 Å². The van der Waals surface area contributed by atoms with E-state index in [1.807, 2.05) is 0 Å². The molecule has 0 aromatic carbocycles. The average Bonchev–Trinajstić information content (AvgIpc) is 2.87. The van der Waals surface area contributed by atoms with Crippen molar-refractivity contribution in [3.63, 3.8) is 0 Å². The van der Waals surface area contributed by atoms with Crippen molar-refractivity contribution >= 4 is 11.7 Å². The predicted molar refractivity (Wildman–Crippen MR) is 46.9 cm³/mol. The van der Waals surface area contributed by atoms with Crippen molar-refractivity contribution in [1.29, 1.82) is 0 Å². The number of anilines is 1. The molecule has 1 fully saturated rings. The largest absolute Gasteiger partial charge is 0.382 e.